The second-order valence-electron chi connectivity index (χ2n) is 6.68. The number of halogens is 1. The molecular weight excluding hydrogens is 238 g/mol. The van der Waals surface area contributed by atoms with Gasteiger partial charge in [0, 0.05) is 0 Å². The first kappa shape index (κ1) is 12.8. The maximum atomic E-state index is 6.72. The van der Waals surface area contributed by atoms with Crippen LogP contribution in [0, 0.1) is 23.7 Å². The molecule has 4 unspecified atom stereocenters. The summed E-state index contributed by atoms with van der Waals surface area (Å²) in [6.07, 6.45) is 17.9. The van der Waals surface area contributed by atoms with E-state index in [2.05, 4.69) is 31.2 Å². The average Bonchev–Trinajstić information content (AvgIpc) is 2.98. The smallest absolute Gasteiger partial charge is 0.0163 e. The monoisotopic (exact) mass is 262 g/mol. The van der Waals surface area contributed by atoms with Gasteiger partial charge in [0.15, 0.2) is 0 Å². The summed E-state index contributed by atoms with van der Waals surface area (Å²) in [4.78, 5) is 0. The first-order valence-corrected chi connectivity index (χ1v) is 8.18. The molecule has 0 spiro atoms. The highest BCUT2D eigenvalue weighted by atomic mass is 35.5. The fraction of sp³-hybridized carbons (Fsp3) is 0.750. The summed E-state index contributed by atoms with van der Waals surface area (Å²) in [7, 11) is 0. The topological polar surface area (TPSA) is 0 Å². The summed E-state index contributed by atoms with van der Waals surface area (Å²) >= 11 is 6.72. The fourth-order valence-corrected chi connectivity index (χ4v) is 4.97. The van der Waals surface area contributed by atoms with Crippen molar-refractivity contribution in [3.63, 3.8) is 0 Å². The van der Waals surface area contributed by atoms with Gasteiger partial charge in [-0.3, -0.25) is 0 Å². The highest BCUT2D eigenvalue weighted by molar-refractivity contribution is 7.07. The van der Waals surface area contributed by atoms with Crippen LogP contribution in [0.4, 0.5) is 0 Å². The van der Waals surface area contributed by atoms with Crippen LogP contribution in [-0.2, 0) is 0 Å². The van der Waals surface area contributed by atoms with Gasteiger partial charge in [0.1, 0.15) is 0 Å². The fourth-order valence-electron chi connectivity index (χ4n) is 4.51. The molecule has 0 aromatic carbocycles. The van der Waals surface area contributed by atoms with E-state index in [-0.39, 0.29) is 0 Å². The van der Waals surface area contributed by atoms with Crippen molar-refractivity contribution in [2.75, 3.05) is 0 Å². The quantitative estimate of drug-likeness (QED) is 0.615. The van der Waals surface area contributed by atoms with Gasteiger partial charge in [-0.15, -0.1) is 0 Å². The summed E-state index contributed by atoms with van der Waals surface area (Å²) in [5.74, 6) is 4.03. The van der Waals surface area contributed by atoms with Crippen LogP contribution in [0.1, 0.15) is 39.0 Å². The van der Waals surface area contributed by atoms with Crippen molar-refractivity contribution >= 4 is 17.6 Å². The minimum Gasteiger partial charge on any atom is -0.431 e. The van der Waals surface area contributed by atoms with Crippen molar-refractivity contribution in [1.29, 1.82) is 0 Å². The van der Waals surface area contributed by atoms with Crippen LogP contribution in [0.5, 0.6) is 0 Å². The Morgan fingerprint density at radius 1 is 1.17 bits per heavy atom. The SMILES string of the molecule is CC1CC2C=CC=CC2C1C[B-](Cl)C1CCCC1. The molecule has 99 valence electrons. The lowest BCUT2D eigenvalue weighted by atomic mass is 9.54. The molecule has 0 nitrogen and oxygen atoms in total. The van der Waals surface area contributed by atoms with Gasteiger partial charge in [-0.1, -0.05) is 62.8 Å². The zero-order chi connectivity index (χ0) is 12.5. The summed E-state index contributed by atoms with van der Waals surface area (Å²) < 4.78 is 0. The maximum Gasteiger partial charge on any atom is -0.0163 e. The average molecular weight is 263 g/mol. The lowest BCUT2D eigenvalue weighted by Gasteiger charge is -2.34. The van der Waals surface area contributed by atoms with Crippen molar-refractivity contribution < 1.29 is 0 Å². The Morgan fingerprint density at radius 3 is 2.67 bits per heavy atom. The molecule has 0 heterocycles. The third-order valence-electron chi connectivity index (χ3n) is 5.58. The van der Waals surface area contributed by atoms with Crippen LogP contribution in [0.3, 0.4) is 0 Å². The van der Waals surface area contributed by atoms with E-state index in [0.717, 1.165) is 29.5 Å². The number of hydrogen-bond acceptors (Lipinski definition) is 0. The van der Waals surface area contributed by atoms with Crippen molar-refractivity contribution in [3.05, 3.63) is 24.3 Å². The standard InChI is InChI=1S/C16H24BCl/c1-12-10-13-6-2-5-9-15(13)16(12)11-17(18)14-7-3-4-8-14/h2,5-6,9,12-16H,3-4,7-8,10-11H2,1H3/q-1. The molecule has 2 saturated carbocycles. The summed E-state index contributed by atoms with van der Waals surface area (Å²) in [6.45, 7) is 2.43. The highest BCUT2D eigenvalue weighted by Gasteiger charge is 2.38. The van der Waals surface area contributed by atoms with Gasteiger partial charge in [0.25, 0.3) is 0 Å². The van der Waals surface area contributed by atoms with E-state index in [1.165, 1.54) is 38.4 Å². The molecule has 2 fully saturated rings. The molecule has 0 aromatic heterocycles. The summed E-state index contributed by atoms with van der Waals surface area (Å²) in [5.41, 5.74) is 0. The van der Waals surface area contributed by atoms with Gasteiger partial charge < -0.3 is 11.5 Å². The molecule has 3 aliphatic carbocycles. The number of hydrogen-bond donors (Lipinski definition) is 0. The van der Waals surface area contributed by atoms with E-state index in [9.17, 15) is 0 Å². The molecule has 4 atom stereocenters. The zero-order valence-electron chi connectivity index (χ0n) is 11.4. The molecule has 0 saturated heterocycles. The van der Waals surface area contributed by atoms with Gasteiger partial charge in [-0.05, 0) is 30.3 Å². The molecular formula is C16H24BCl-. The van der Waals surface area contributed by atoms with Gasteiger partial charge >= 0.3 is 0 Å². The van der Waals surface area contributed by atoms with Gasteiger partial charge in [-0.2, -0.15) is 12.1 Å². The number of allylic oxidation sites excluding steroid dienone is 4. The van der Waals surface area contributed by atoms with Gasteiger partial charge in [0.2, 0.25) is 0 Å². The first-order chi connectivity index (χ1) is 8.75. The molecule has 3 aliphatic rings. The normalized spacial score (nSPS) is 39.7. The lowest BCUT2D eigenvalue weighted by Crippen LogP contribution is -2.23. The van der Waals surface area contributed by atoms with E-state index in [1.54, 1.807) is 0 Å². The van der Waals surface area contributed by atoms with E-state index in [0.29, 0.717) is 6.13 Å². The third kappa shape index (κ3) is 2.43. The maximum absolute atomic E-state index is 6.72. The van der Waals surface area contributed by atoms with Crippen LogP contribution >= 0.6 is 11.5 Å². The predicted molar refractivity (Wildman–Crippen MR) is 81.2 cm³/mol. The highest BCUT2D eigenvalue weighted by Crippen LogP contribution is 2.48. The number of rotatable bonds is 3. The molecule has 0 aliphatic heterocycles. The molecule has 1 radical (unpaired) electrons. The molecule has 2 heteroatoms. The predicted octanol–water partition coefficient (Wildman–Crippen LogP) is 5.18. The van der Waals surface area contributed by atoms with Crippen molar-refractivity contribution in [3.8, 4) is 0 Å². The van der Waals surface area contributed by atoms with Crippen LogP contribution < -0.4 is 0 Å². The Balaban J connectivity index is 1.64. The van der Waals surface area contributed by atoms with Crippen LogP contribution in [0.2, 0.25) is 12.1 Å². The molecule has 0 aromatic rings. The lowest BCUT2D eigenvalue weighted by molar-refractivity contribution is 0.392. The van der Waals surface area contributed by atoms with E-state index in [4.69, 9.17) is 11.5 Å². The third-order valence-corrected chi connectivity index (χ3v) is 6.11. The minimum atomic E-state index is 0.429. The summed E-state index contributed by atoms with van der Waals surface area (Å²) in [5, 5.41) is 0. The Hall–Kier alpha value is -0.165. The number of fused-ring (bicyclic) bond motifs is 1. The minimum absolute atomic E-state index is 0.429. The van der Waals surface area contributed by atoms with Crippen molar-refractivity contribution in [2.24, 2.45) is 23.7 Å². The van der Waals surface area contributed by atoms with Crippen LogP contribution in [-0.4, -0.2) is 6.13 Å². The van der Waals surface area contributed by atoms with Gasteiger partial charge in [-0.25, -0.2) is 0 Å². The largest absolute Gasteiger partial charge is 0.431 e. The molecule has 0 bridgehead atoms. The van der Waals surface area contributed by atoms with Crippen molar-refractivity contribution in [2.45, 2.75) is 51.2 Å². The van der Waals surface area contributed by atoms with E-state index >= 15 is 0 Å². The van der Waals surface area contributed by atoms with Gasteiger partial charge in [0.05, 0.1) is 0 Å². The Bertz CT molecular complexity index is 343. The zero-order valence-corrected chi connectivity index (χ0v) is 12.2. The second kappa shape index (κ2) is 5.45. The molecule has 0 amide bonds. The summed E-state index contributed by atoms with van der Waals surface area (Å²) in [6, 6.07) is 0. The Labute approximate surface area is 117 Å². The van der Waals surface area contributed by atoms with Crippen LogP contribution in [0.15, 0.2) is 24.3 Å². The van der Waals surface area contributed by atoms with E-state index in [1.807, 2.05) is 0 Å². The first-order valence-electron chi connectivity index (χ1n) is 7.75. The second-order valence-corrected chi connectivity index (χ2v) is 7.24. The van der Waals surface area contributed by atoms with Crippen LogP contribution in [0.25, 0.3) is 0 Å². The molecule has 3 rings (SSSR count). The van der Waals surface area contributed by atoms with E-state index < -0.39 is 0 Å². The molecule has 0 N–H and O–H groups in total. The Kier molecular flexibility index (Phi) is 3.89. The molecule has 18 heavy (non-hydrogen) atoms. The Morgan fingerprint density at radius 2 is 1.89 bits per heavy atom. The van der Waals surface area contributed by atoms with Crippen molar-refractivity contribution in [1.82, 2.24) is 0 Å².